The topological polar surface area (TPSA) is 118 Å². The van der Waals surface area contributed by atoms with Gasteiger partial charge in [0, 0.05) is 25.7 Å². The summed E-state index contributed by atoms with van der Waals surface area (Å²) in [6.07, 6.45) is 0.861. The number of methoxy groups -OCH3 is 1. The van der Waals surface area contributed by atoms with E-state index in [1.165, 1.54) is 5.56 Å². The molecule has 8 nitrogen and oxygen atoms in total. The third kappa shape index (κ3) is 7.53. The summed E-state index contributed by atoms with van der Waals surface area (Å²) in [6.45, 7) is 1.12. The van der Waals surface area contributed by atoms with Gasteiger partial charge in [-0.15, -0.1) is 0 Å². The largest absolute Gasteiger partial charge is 0.497 e. The van der Waals surface area contributed by atoms with Crippen molar-refractivity contribution in [2.75, 3.05) is 27.2 Å². The van der Waals surface area contributed by atoms with Crippen LogP contribution in [0.5, 0.6) is 5.75 Å². The molecule has 0 bridgehead atoms. The summed E-state index contributed by atoms with van der Waals surface area (Å²) < 4.78 is 5.16. The fraction of sp³-hybridized carbons (Fsp3) is 0.286. The second kappa shape index (κ2) is 11.3. The molecule has 2 aromatic carbocycles. The molecule has 0 atom stereocenters. The summed E-state index contributed by atoms with van der Waals surface area (Å²) in [5.41, 5.74) is 7.69. The first-order valence-corrected chi connectivity index (χ1v) is 9.24. The van der Waals surface area contributed by atoms with Crippen LogP contribution in [0.15, 0.2) is 53.5 Å². The Morgan fingerprint density at radius 3 is 2.21 bits per heavy atom. The van der Waals surface area contributed by atoms with E-state index in [0.29, 0.717) is 18.1 Å². The highest BCUT2D eigenvalue weighted by molar-refractivity contribution is 5.96. The molecular formula is C21H27N5O3. The van der Waals surface area contributed by atoms with Crippen LogP contribution >= 0.6 is 0 Å². The van der Waals surface area contributed by atoms with Crippen LogP contribution < -0.4 is 26.4 Å². The van der Waals surface area contributed by atoms with Crippen molar-refractivity contribution in [3.05, 3.63) is 65.2 Å². The Morgan fingerprint density at radius 2 is 1.62 bits per heavy atom. The lowest BCUT2D eigenvalue weighted by molar-refractivity contribution is -0.117. The highest BCUT2D eigenvalue weighted by Gasteiger charge is 2.06. The van der Waals surface area contributed by atoms with E-state index in [4.69, 9.17) is 10.5 Å². The first-order chi connectivity index (χ1) is 14.0. The van der Waals surface area contributed by atoms with Gasteiger partial charge >= 0.3 is 0 Å². The standard InChI is InChI=1S/C21H27N5O3/c1-23-21(24-12-11-15-5-9-18(29-2)10-6-15)26-13-16-3-7-17(8-4-16)20(28)25-14-19(22)27/h3-10H,11-14H2,1-2H3,(H2,22,27)(H,25,28)(H2,23,24,26). The Bertz CT molecular complexity index is 832. The molecule has 0 fully saturated rings. The number of primary amides is 1. The first-order valence-electron chi connectivity index (χ1n) is 9.24. The molecule has 0 aliphatic heterocycles. The number of amides is 2. The molecule has 0 saturated carbocycles. The van der Waals surface area contributed by atoms with Gasteiger partial charge in [-0.05, 0) is 41.8 Å². The normalized spacial score (nSPS) is 10.9. The summed E-state index contributed by atoms with van der Waals surface area (Å²) >= 11 is 0. The number of hydrogen-bond donors (Lipinski definition) is 4. The first kappa shape index (κ1) is 21.7. The zero-order valence-electron chi connectivity index (χ0n) is 16.7. The van der Waals surface area contributed by atoms with E-state index in [2.05, 4.69) is 20.9 Å². The molecule has 8 heteroatoms. The molecule has 0 saturated heterocycles. The van der Waals surface area contributed by atoms with E-state index >= 15 is 0 Å². The smallest absolute Gasteiger partial charge is 0.251 e. The molecule has 154 valence electrons. The molecule has 29 heavy (non-hydrogen) atoms. The van der Waals surface area contributed by atoms with E-state index in [0.717, 1.165) is 24.3 Å². The highest BCUT2D eigenvalue weighted by atomic mass is 16.5. The number of ether oxygens (including phenoxy) is 1. The van der Waals surface area contributed by atoms with Crippen LogP contribution in [0.2, 0.25) is 0 Å². The zero-order chi connectivity index (χ0) is 21.1. The number of guanidine groups is 1. The van der Waals surface area contributed by atoms with Crippen LogP contribution in [-0.2, 0) is 17.8 Å². The molecule has 0 heterocycles. The molecule has 0 unspecified atom stereocenters. The Labute approximate surface area is 170 Å². The average molecular weight is 397 g/mol. The molecule has 5 N–H and O–H groups in total. The van der Waals surface area contributed by atoms with Gasteiger partial charge in [-0.25, -0.2) is 0 Å². The Kier molecular flexibility index (Phi) is 8.50. The molecule has 2 amide bonds. The van der Waals surface area contributed by atoms with Crippen molar-refractivity contribution in [3.63, 3.8) is 0 Å². The highest BCUT2D eigenvalue weighted by Crippen LogP contribution is 2.11. The Balaban J connectivity index is 1.76. The SMILES string of the molecule is CN=C(NCCc1ccc(OC)cc1)NCc1ccc(C(=O)NCC(N)=O)cc1. The molecule has 2 aromatic rings. The van der Waals surface area contributed by atoms with Gasteiger partial charge in [0.1, 0.15) is 5.75 Å². The van der Waals surface area contributed by atoms with Crippen LogP contribution in [-0.4, -0.2) is 45.0 Å². The Hall–Kier alpha value is -3.55. The van der Waals surface area contributed by atoms with Crippen molar-refractivity contribution >= 4 is 17.8 Å². The number of carbonyl (C=O) groups excluding carboxylic acids is 2. The van der Waals surface area contributed by atoms with Crippen LogP contribution in [0, 0.1) is 0 Å². The molecule has 0 spiro atoms. The molecule has 0 aromatic heterocycles. The number of benzene rings is 2. The second-order valence-electron chi connectivity index (χ2n) is 6.30. The summed E-state index contributed by atoms with van der Waals surface area (Å²) in [5, 5.41) is 8.96. The molecule has 2 rings (SSSR count). The van der Waals surface area contributed by atoms with Crippen molar-refractivity contribution in [2.45, 2.75) is 13.0 Å². The lowest BCUT2D eigenvalue weighted by Crippen LogP contribution is -2.37. The maximum absolute atomic E-state index is 11.9. The van der Waals surface area contributed by atoms with Gasteiger partial charge in [0.2, 0.25) is 5.91 Å². The number of nitrogens with one attached hydrogen (secondary N) is 3. The third-order valence-electron chi connectivity index (χ3n) is 4.19. The number of aliphatic imine (C=N–C) groups is 1. The van der Waals surface area contributed by atoms with E-state index in [1.54, 1.807) is 26.3 Å². The van der Waals surface area contributed by atoms with Gasteiger partial charge in [0.05, 0.1) is 13.7 Å². The lowest BCUT2D eigenvalue weighted by Gasteiger charge is -2.12. The van der Waals surface area contributed by atoms with Crippen molar-refractivity contribution in [1.82, 2.24) is 16.0 Å². The van der Waals surface area contributed by atoms with E-state index in [-0.39, 0.29) is 12.5 Å². The number of rotatable bonds is 9. The van der Waals surface area contributed by atoms with E-state index < -0.39 is 5.91 Å². The minimum Gasteiger partial charge on any atom is -0.497 e. The minimum atomic E-state index is -0.579. The van der Waals surface area contributed by atoms with Gasteiger partial charge in [-0.3, -0.25) is 14.6 Å². The number of carbonyl (C=O) groups is 2. The third-order valence-corrected chi connectivity index (χ3v) is 4.19. The summed E-state index contributed by atoms with van der Waals surface area (Å²) in [4.78, 5) is 26.8. The maximum Gasteiger partial charge on any atom is 0.251 e. The van der Waals surface area contributed by atoms with Crippen molar-refractivity contribution in [1.29, 1.82) is 0 Å². The van der Waals surface area contributed by atoms with Crippen molar-refractivity contribution < 1.29 is 14.3 Å². The van der Waals surface area contributed by atoms with E-state index in [9.17, 15) is 9.59 Å². The molecule has 0 radical (unpaired) electrons. The Morgan fingerprint density at radius 1 is 0.966 bits per heavy atom. The predicted molar refractivity (Wildman–Crippen MR) is 113 cm³/mol. The number of nitrogens with two attached hydrogens (primary N) is 1. The summed E-state index contributed by atoms with van der Waals surface area (Å²) in [5.74, 6) is 0.627. The lowest BCUT2D eigenvalue weighted by atomic mass is 10.1. The van der Waals surface area contributed by atoms with E-state index in [1.807, 2.05) is 36.4 Å². The van der Waals surface area contributed by atoms with Crippen LogP contribution in [0.4, 0.5) is 0 Å². The monoisotopic (exact) mass is 397 g/mol. The van der Waals surface area contributed by atoms with Crippen LogP contribution in [0.1, 0.15) is 21.5 Å². The van der Waals surface area contributed by atoms with Gasteiger partial charge in [-0.1, -0.05) is 24.3 Å². The van der Waals surface area contributed by atoms with Crippen molar-refractivity contribution in [2.24, 2.45) is 10.7 Å². The molecule has 0 aliphatic rings. The van der Waals surface area contributed by atoms with Gasteiger partial charge in [0.15, 0.2) is 5.96 Å². The fourth-order valence-corrected chi connectivity index (χ4v) is 2.57. The molecular weight excluding hydrogens is 370 g/mol. The predicted octanol–water partition coefficient (Wildman–Crippen LogP) is 0.818. The summed E-state index contributed by atoms with van der Waals surface area (Å²) in [6, 6.07) is 15.1. The minimum absolute atomic E-state index is 0.180. The molecule has 0 aliphatic carbocycles. The number of nitrogens with zero attached hydrogens (tertiary/aromatic N) is 1. The zero-order valence-corrected chi connectivity index (χ0v) is 16.7. The second-order valence-corrected chi connectivity index (χ2v) is 6.30. The number of hydrogen-bond acceptors (Lipinski definition) is 4. The van der Waals surface area contributed by atoms with Crippen molar-refractivity contribution in [3.8, 4) is 5.75 Å². The average Bonchev–Trinajstić information content (AvgIpc) is 2.75. The van der Waals surface area contributed by atoms with Crippen LogP contribution in [0.3, 0.4) is 0 Å². The van der Waals surface area contributed by atoms with Gasteiger partial charge in [0.25, 0.3) is 5.91 Å². The van der Waals surface area contributed by atoms with Crippen LogP contribution in [0.25, 0.3) is 0 Å². The fourth-order valence-electron chi connectivity index (χ4n) is 2.57. The summed E-state index contributed by atoms with van der Waals surface area (Å²) in [7, 11) is 3.37. The van der Waals surface area contributed by atoms with Gasteiger partial charge < -0.3 is 26.4 Å². The quantitative estimate of drug-likeness (QED) is 0.369. The maximum atomic E-state index is 11.9. The van der Waals surface area contributed by atoms with Gasteiger partial charge in [-0.2, -0.15) is 0 Å².